The molecule has 21 heavy (non-hydrogen) atoms. The van der Waals surface area contributed by atoms with Crippen LogP contribution in [-0.4, -0.2) is 52.3 Å². The van der Waals surface area contributed by atoms with Crippen LogP contribution in [0.4, 0.5) is 0 Å². The number of H-pyrrole nitrogens is 1. The monoisotopic (exact) mass is 310 g/mol. The average molecular weight is 311 g/mol. The van der Waals surface area contributed by atoms with Gasteiger partial charge < -0.3 is 20.1 Å². The Kier molecular flexibility index (Phi) is 5.61. The molecule has 2 aromatic rings. The first-order valence-electron chi connectivity index (χ1n) is 6.90. The lowest BCUT2D eigenvalue weighted by atomic mass is 10.1. The van der Waals surface area contributed by atoms with Gasteiger partial charge in [0.25, 0.3) is 0 Å². The minimum Gasteiger partial charge on any atom is -0.396 e. The molecule has 0 aliphatic rings. The number of carbonyl (C=O) groups is 1. The van der Waals surface area contributed by atoms with E-state index >= 15 is 0 Å². The summed E-state index contributed by atoms with van der Waals surface area (Å²) in [6.07, 6.45) is 2.55. The number of benzene rings is 1. The van der Waals surface area contributed by atoms with Crippen molar-refractivity contribution in [3.8, 4) is 0 Å². The number of hydrogen-bond donors (Lipinski definition) is 3. The van der Waals surface area contributed by atoms with Gasteiger partial charge in [-0.25, -0.2) is 0 Å². The van der Waals surface area contributed by atoms with E-state index in [2.05, 4.69) is 4.98 Å². The maximum Gasteiger partial charge on any atom is 0.227 e. The van der Waals surface area contributed by atoms with Crippen molar-refractivity contribution in [2.75, 3.05) is 26.3 Å². The molecule has 0 bridgehead atoms. The highest BCUT2D eigenvalue weighted by atomic mass is 35.5. The molecule has 0 saturated heterocycles. The molecule has 1 aromatic carbocycles. The molecule has 0 aliphatic carbocycles. The van der Waals surface area contributed by atoms with Gasteiger partial charge in [-0.1, -0.05) is 11.6 Å². The van der Waals surface area contributed by atoms with Crippen LogP contribution in [0, 0.1) is 0 Å². The van der Waals surface area contributed by atoms with Crippen molar-refractivity contribution in [1.29, 1.82) is 0 Å². The van der Waals surface area contributed by atoms with Crippen molar-refractivity contribution in [2.24, 2.45) is 0 Å². The molecule has 1 aromatic heterocycles. The van der Waals surface area contributed by atoms with Crippen LogP contribution >= 0.6 is 11.6 Å². The van der Waals surface area contributed by atoms with Gasteiger partial charge in [-0.3, -0.25) is 4.79 Å². The molecule has 0 atom stereocenters. The van der Waals surface area contributed by atoms with Crippen molar-refractivity contribution in [3.63, 3.8) is 0 Å². The number of rotatable bonds is 7. The lowest BCUT2D eigenvalue weighted by Gasteiger charge is -2.21. The molecule has 2 rings (SSSR count). The van der Waals surface area contributed by atoms with E-state index in [-0.39, 0.29) is 32.1 Å². The van der Waals surface area contributed by atoms with Gasteiger partial charge in [-0.15, -0.1) is 0 Å². The molecular formula is C15H19ClN2O3. The summed E-state index contributed by atoms with van der Waals surface area (Å²) in [7, 11) is 0. The second-order valence-corrected chi connectivity index (χ2v) is 5.30. The molecule has 0 spiro atoms. The van der Waals surface area contributed by atoms with E-state index in [4.69, 9.17) is 21.8 Å². The number of aromatic nitrogens is 1. The Morgan fingerprint density at radius 3 is 2.76 bits per heavy atom. The summed E-state index contributed by atoms with van der Waals surface area (Å²) in [5, 5.41) is 19.5. The largest absolute Gasteiger partial charge is 0.396 e. The van der Waals surface area contributed by atoms with Gasteiger partial charge in [0.2, 0.25) is 5.91 Å². The first-order chi connectivity index (χ1) is 10.2. The molecule has 0 unspecified atom stereocenters. The van der Waals surface area contributed by atoms with Crippen LogP contribution < -0.4 is 0 Å². The van der Waals surface area contributed by atoms with E-state index in [1.54, 1.807) is 11.0 Å². The zero-order valence-corrected chi connectivity index (χ0v) is 12.4. The Morgan fingerprint density at radius 1 is 1.24 bits per heavy atom. The Bertz CT molecular complexity index is 612. The van der Waals surface area contributed by atoms with Crippen LogP contribution in [0.25, 0.3) is 10.9 Å². The molecule has 0 aliphatic heterocycles. The van der Waals surface area contributed by atoms with E-state index in [0.29, 0.717) is 18.0 Å². The third-order valence-corrected chi connectivity index (χ3v) is 3.62. The molecule has 3 N–H and O–H groups in total. The number of halogens is 1. The van der Waals surface area contributed by atoms with Gasteiger partial charge >= 0.3 is 0 Å². The fourth-order valence-electron chi connectivity index (χ4n) is 2.32. The highest BCUT2D eigenvalue weighted by molar-refractivity contribution is 6.31. The molecule has 1 heterocycles. The van der Waals surface area contributed by atoms with Gasteiger partial charge in [-0.2, -0.15) is 0 Å². The normalized spacial score (nSPS) is 11.0. The standard InChI is InChI=1S/C15H19ClN2O3/c16-12-2-3-14-13(9-12)11(10-17-14)8-15(21)18(5-7-20)4-1-6-19/h2-3,9-10,17,19-20H,1,4-8H2. The number of aliphatic hydroxyl groups excluding tert-OH is 2. The number of aliphatic hydroxyl groups is 2. The van der Waals surface area contributed by atoms with E-state index in [1.165, 1.54) is 0 Å². The summed E-state index contributed by atoms with van der Waals surface area (Å²) in [6.45, 7) is 0.662. The minimum atomic E-state index is -0.0864. The lowest BCUT2D eigenvalue weighted by Crippen LogP contribution is -2.35. The highest BCUT2D eigenvalue weighted by Gasteiger charge is 2.15. The highest BCUT2D eigenvalue weighted by Crippen LogP contribution is 2.23. The summed E-state index contributed by atoms with van der Waals surface area (Å²) in [4.78, 5) is 17.0. The SMILES string of the molecule is O=C(Cc1c[nH]c2ccc(Cl)cc12)N(CCO)CCCO. The van der Waals surface area contributed by atoms with Crippen LogP contribution in [0.15, 0.2) is 24.4 Å². The molecule has 114 valence electrons. The zero-order chi connectivity index (χ0) is 15.2. The van der Waals surface area contributed by atoms with Crippen molar-refractivity contribution in [1.82, 2.24) is 9.88 Å². The molecule has 6 heteroatoms. The van der Waals surface area contributed by atoms with Crippen LogP contribution in [0.2, 0.25) is 5.02 Å². The van der Waals surface area contributed by atoms with Crippen LogP contribution in [0.5, 0.6) is 0 Å². The summed E-state index contributed by atoms with van der Waals surface area (Å²) in [5.41, 5.74) is 1.82. The fourth-order valence-corrected chi connectivity index (χ4v) is 2.49. The zero-order valence-electron chi connectivity index (χ0n) is 11.7. The van der Waals surface area contributed by atoms with E-state index < -0.39 is 0 Å². The minimum absolute atomic E-state index is 0.0257. The van der Waals surface area contributed by atoms with Crippen molar-refractivity contribution >= 4 is 28.4 Å². The maximum atomic E-state index is 12.3. The third kappa shape index (κ3) is 3.97. The van der Waals surface area contributed by atoms with E-state index in [9.17, 15) is 4.79 Å². The summed E-state index contributed by atoms with van der Waals surface area (Å²) >= 11 is 5.99. The Labute approximate surface area is 128 Å². The number of amides is 1. The maximum absolute atomic E-state index is 12.3. The van der Waals surface area contributed by atoms with Gasteiger partial charge in [0.05, 0.1) is 13.0 Å². The fraction of sp³-hybridized carbons (Fsp3) is 0.400. The summed E-state index contributed by atoms with van der Waals surface area (Å²) in [5.74, 6) is -0.0709. The number of fused-ring (bicyclic) bond motifs is 1. The lowest BCUT2D eigenvalue weighted by molar-refractivity contribution is -0.131. The third-order valence-electron chi connectivity index (χ3n) is 3.38. The van der Waals surface area contributed by atoms with Crippen LogP contribution in [-0.2, 0) is 11.2 Å². The first kappa shape index (κ1) is 15.8. The van der Waals surface area contributed by atoms with E-state index in [1.807, 2.05) is 18.3 Å². The molecular weight excluding hydrogens is 292 g/mol. The molecule has 1 amide bonds. The van der Waals surface area contributed by atoms with Gasteiger partial charge in [0, 0.05) is 41.8 Å². The summed E-state index contributed by atoms with van der Waals surface area (Å²) < 4.78 is 0. The van der Waals surface area contributed by atoms with Crippen LogP contribution in [0.1, 0.15) is 12.0 Å². The number of nitrogens with zero attached hydrogens (tertiary/aromatic N) is 1. The van der Waals surface area contributed by atoms with Crippen molar-refractivity contribution in [2.45, 2.75) is 12.8 Å². The summed E-state index contributed by atoms with van der Waals surface area (Å²) in [6, 6.07) is 5.51. The second-order valence-electron chi connectivity index (χ2n) is 4.86. The van der Waals surface area contributed by atoms with Crippen molar-refractivity contribution in [3.05, 3.63) is 35.0 Å². The molecule has 0 saturated carbocycles. The number of aromatic amines is 1. The Morgan fingerprint density at radius 2 is 2.05 bits per heavy atom. The predicted molar refractivity (Wildman–Crippen MR) is 82.4 cm³/mol. The topological polar surface area (TPSA) is 76.6 Å². The van der Waals surface area contributed by atoms with Gasteiger partial charge in [0.1, 0.15) is 0 Å². The van der Waals surface area contributed by atoms with Gasteiger partial charge in [0.15, 0.2) is 0 Å². The number of hydrogen-bond acceptors (Lipinski definition) is 3. The Balaban J connectivity index is 2.13. The quantitative estimate of drug-likeness (QED) is 0.726. The molecule has 0 radical (unpaired) electrons. The number of carbonyl (C=O) groups excluding carboxylic acids is 1. The number of nitrogens with one attached hydrogen (secondary N) is 1. The van der Waals surface area contributed by atoms with E-state index in [0.717, 1.165) is 16.5 Å². The van der Waals surface area contributed by atoms with Crippen LogP contribution in [0.3, 0.4) is 0 Å². The molecule has 5 nitrogen and oxygen atoms in total. The predicted octanol–water partition coefficient (Wildman–Crippen LogP) is 1.57. The van der Waals surface area contributed by atoms with Gasteiger partial charge in [-0.05, 0) is 30.2 Å². The first-order valence-corrected chi connectivity index (χ1v) is 7.28. The smallest absolute Gasteiger partial charge is 0.227 e. The second kappa shape index (κ2) is 7.45. The molecule has 0 fully saturated rings. The van der Waals surface area contributed by atoms with Crippen molar-refractivity contribution < 1.29 is 15.0 Å². The average Bonchev–Trinajstić information content (AvgIpc) is 2.85. The Hall–Kier alpha value is -1.56.